The molecule has 1 aliphatic carbocycles. The standard InChI is InChI=1S/C25H24F3N7O2/c1-3-21(36)33-11-15(9-20(33)23(27)28)35-25(30-2)22(24(29)37)17(32-35)7-4-13-8-18-19(10-16(13)26)34(12-31-18)14-5-6-14/h3,8,10,12,14-15,20,23,30H,1,5-6,9,11H2,2H3,(H2,29,37)/t15-,20+/m0/s1. The number of anilines is 1. The topological polar surface area (TPSA) is 111 Å². The van der Waals surface area contributed by atoms with Crippen molar-refractivity contribution in [2.24, 2.45) is 5.73 Å². The van der Waals surface area contributed by atoms with Crippen LogP contribution < -0.4 is 11.1 Å². The summed E-state index contributed by atoms with van der Waals surface area (Å²) in [5.41, 5.74) is 6.83. The molecule has 3 heterocycles. The van der Waals surface area contributed by atoms with Gasteiger partial charge in [0, 0.05) is 25.7 Å². The summed E-state index contributed by atoms with van der Waals surface area (Å²) in [6.45, 7) is 3.30. The van der Waals surface area contributed by atoms with Crippen LogP contribution in [0.4, 0.5) is 19.0 Å². The highest BCUT2D eigenvalue weighted by atomic mass is 19.3. The Balaban J connectivity index is 1.53. The molecule has 0 radical (unpaired) electrons. The summed E-state index contributed by atoms with van der Waals surface area (Å²) >= 11 is 0. The van der Waals surface area contributed by atoms with Crippen LogP contribution in [0.25, 0.3) is 11.0 Å². The van der Waals surface area contributed by atoms with Gasteiger partial charge >= 0.3 is 0 Å². The number of nitrogens with zero attached hydrogens (tertiary/aromatic N) is 5. The SMILES string of the molecule is C=CC(=O)N1C[C@@H](n2nc(C#Cc3cc4ncn(C5CC5)c4cc3F)c(C(N)=O)c2NC)C[C@@H]1C(F)F. The second-order valence-electron chi connectivity index (χ2n) is 9.07. The minimum absolute atomic E-state index is 0.0399. The summed E-state index contributed by atoms with van der Waals surface area (Å²) in [6.07, 6.45) is 1.83. The Morgan fingerprint density at radius 1 is 1.27 bits per heavy atom. The molecule has 2 amide bonds. The molecule has 2 aliphatic rings. The zero-order valence-corrected chi connectivity index (χ0v) is 19.9. The van der Waals surface area contributed by atoms with E-state index in [4.69, 9.17) is 5.73 Å². The Labute approximate surface area is 210 Å². The van der Waals surface area contributed by atoms with Crippen LogP contribution in [0.5, 0.6) is 0 Å². The van der Waals surface area contributed by atoms with Gasteiger partial charge in [-0.05, 0) is 37.3 Å². The predicted octanol–water partition coefficient (Wildman–Crippen LogP) is 2.84. The number of hydrogen-bond acceptors (Lipinski definition) is 5. The number of benzene rings is 1. The molecule has 3 N–H and O–H groups in total. The minimum atomic E-state index is -2.78. The molecule has 3 aromatic rings. The van der Waals surface area contributed by atoms with Crippen LogP contribution in [-0.4, -0.2) is 62.1 Å². The maximum atomic E-state index is 14.9. The van der Waals surface area contributed by atoms with Gasteiger partial charge in [0.15, 0.2) is 5.69 Å². The van der Waals surface area contributed by atoms with E-state index >= 15 is 0 Å². The summed E-state index contributed by atoms with van der Waals surface area (Å²) in [5.74, 6) is 3.56. The number of halogens is 3. The third-order valence-electron chi connectivity index (χ3n) is 6.73. The van der Waals surface area contributed by atoms with Crippen molar-refractivity contribution in [3.8, 4) is 11.8 Å². The van der Waals surface area contributed by atoms with Crippen molar-refractivity contribution in [3.63, 3.8) is 0 Å². The Morgan fingerprint density at radius 2 is 2.03 bits per heavy atom. The van der Waals surface area contributed by atoms with Crippen LogP contribution in [0.2, 0.25) is 0 Å². The molecule has 0 bridgehead atoms. The van der Waals surface area contributed by atoms with Gasteiger partial charge in [-0.25, -0.2) is 22.8 Å². The number of nitrogens with one attached hydrogen (secondary N) is 1. The molecule has 37 heavy (non-hydrogen) atoms. The van der Waals surface area contributed by atoms with Gasteiger partial charge in [0.25, 0.3) is 12.3 Å². The van der Waals surface area contributed by atoms with E-state index in [1.54, 1.807) is 6.33 Å². The fourth-order valence-electron chi connectivity index (χ4n) is 4.80. The van der Waals surface area contributed by atoms with Gasteiger partial charge in [-0.1, -0.05) is 12.5 Å². The molecule has 2 aromatic heterocycles. The summed E-state index contributed by atoms with van der Waals surface area (Å²) in [6, 6.07) is 1.22. The molecule has 9 nitrogen and oxygen atoms in total. The maximum Gasteiger partial charge on any atom is 0.258 e. The van der Waals surface area contributed by atoms with Crippen LogP contribution in [0, 0.1) is 17.7 Å². The number of likely N-dealkylation sites (tertiary alicyclic amines) is 1. The summed E-state index contributed by atoms with van der Waals surface area (Å²) in [5, 5.41) is 7.20. The van der Waals surface area contributed by atoms with E-state index in [1.165, 1.54) is 23.9 Å². The molecular formula is C25H24F3N7O2. The zero-order chi connectivity index (χ0) is 26.4. The predicted molar refractivity (Wildman–Crippen MR) is 130 cm³/mol. The van der Waals surface area contributed by atoms with Crippen LogP contribution >= 0.6 is 0 Å². The van der Waals surface area contributed by atoms with Crippen molar-refractivity contribution in [2.75, 3.05) is 18.9 Å². The number of primary amides is 1. The van der Waals surface area contributed by atoms with Gasteiger partial charge in [0.2, 0.25) is 5.91 Å². The van der Waals surface area contributed by atoms with E-state index in [9.17, 15) is 22.8 Å². The number of imidazole rings is 1. The molecular weight excluding hydrogens is 487 g/mol. The molecule has 1 aliphatic heterocycles. The highest BCUT2D eigenvalue weighted by Gasteiger charge is 2.42. The number of rotatable bonds is 6. The molecule has 0 spiro atoms. The Bertz CT molecular complexity index is 1480. The van der Waals surface area contributed by atoms with Crippen molar-refractivity contribution in [3.05, 3.63) is 53.8 Å². The lowest BCUT2D eigenvalue weighted by atomic mass is 10.1. The largest absolute Gasteiger partial charge is 0.373 e. The lowest BCUT2D eigenvalue weighted by molar-refractivity contribution is -0.129. The number of carbonyl (C=O) groups excluding carboxylic acids is 2. The molecule has 1 saturated carbocycles. The Morgan fingerprint density at radius 3 is 2.65 bits per heavy atom. The van der Waals surface area contributed by atoms with E-state index in [0.29, 0.717) is 17.1 Å². The van der Waals surface area contributed by atoms with E-state index in [0.717, 1.165) is 23.8 Å². The fourth-order valence-corrected chi connectivity index (χ4v) is 4.80. The number of fused-ring (bicyclic) bond motifs is 1. The van der Waals surface area contributed by atoms with Gasteiger partial charge in [-0.15, -0.1) is 0 Å². The van der Waals surface area contributed by atoms with Gasteiger partial charge in [0.1, 0.15) is 17.2 Å². The molecule has 1 aromatic carbocycles. The van der Waals surface area contributed by atoms with Crippen molar-refractivity contribution in [2.45, 2.75) is 43.8 Å². The van der Waals surface area contributed by atoms with E-state index < -0.39 is 36.1 Å². The Kier molecular flexibility index (Phi) is 6.15. The summed E-state index contributed by atoms with van der Waals surface area (Å²) in [4.78, 5) is 29.9. The first-order chi connectivity index (χ1) is 17.7. The van der Waals surface area contributed by atoms with Crippen molar-refractivity contribution in [1.29, 1.82) is 0 Å². The van der Waals surface area contributed by atoms with Crippen LogP contribution in [0.3, 0.4) is 0 Å². The first-order valence-corrected chi connectivity index (χ1v) is 11.7. The average molecular weight is 512 g/mol. The molecule has 192 valence electrons. The quantitative estimate of drug-likeness (QED) is 0.391. The van der Waals surface area contributed by atoms with Crippen molar-refractivity contribution in [1.82, 2.24) is 24.2 Å². The molecule has 1 saturated heterocycles. The third kappa shape index (κ3) is 4.30. The minimum Gasteiger partial charge on any atom is -0.373 e. The molecule has 2 fully saturated rings. The van der Waals surface area contributed by atoms with Crippen molar-refractivity contribution >= 4 is 28.7 Å². The fraction of sp³-hybridized carbons (Fsp3) is 0.360. The number of aromatic nitrogens is 4. The van der Waals surface area contributed by atoms with Crippen LogP contribution in [-0.2, 0) is 4.79 Å². The maximum absolute atomic E-state index is 14.9. The van der Waals surface area contributed by atoms with E-state index in [-0.39, 0.29) is 35.6 Å². The van der Waals surface area contributed by atoms with Gasteiger partial charge in [-0.3, -0.25) is 9.59 Å². The molecule has 12 heteroatoms. The Hall–Kier alpha value is -4.27. The lowest BCUT2D eigenvalue weighted by Gasteiger charge is -2.21. The van der Waals surface area contributed by atoms with Gasteiger partial charge in [0.05, 0.1) is 35.0 Å². The average Bonchev–Trinajstić information content (AvgIpc) is 3.31. The first-order valence-electron chi connectivity index (χ1n) is 11.7. The van der Waals surface area contributed by atoms with Crippen molar-refractivity contribution < 1.29 is 22.8 Å². The monoisotopic (exact) mass is 511 g/mol. The molecule has 5 rings (SSSR count). The van der Waals surface area contributed by atoms with Gasteiger partial charge < -0.3 is 20.5 Å². The summed E-state index contributed by atoms with van der Waals surface area (Å²) < 4.78 is 45.5. The number of nitrogens with two attached hydrogens (primary N) is 1. The second-order valence-corrected chi connectivity index (χ2v) is 9.07. The summed E-state index contributed by atoms with van der Waals surface area (Å²) in [7, 11) is 1.52. The third-order valence-corrected chi connectivity index (χ3v) is 6.73. The van der Waals surface area contributed by atoms with E-state index in [2.05, 4.69) is 33.8 Å². The number of alkyl halides is 2. The second kappa shape index (κ2) is 9.31. The smallest absolute Gasteiger partial charge is 0.258 e. The molecule has 0 unspecified atom stereocenters. The van der Waals surface area contributed by atoms with Gasteiger partial charge in [-0.2, -0.15) is 5.10 Å². The zero-order valence-electron chi connectivity index (χ0n) is 19.9. The normalized spacial score (nSPS) is 19.2. The highest BCUT2D eigenvalue weighted by molar-refractivity contribution is 6.00. The van der Waals surface area contributed by atoms with E-state index in [1.807, 2.05) is 4.57 Å². The van der Waals surface area contributed by atoms with Crippen LogP contribution in [0.15, 0.2) is 31.1 Å². The lowest BCUT2D eigenvalue weighted by Crippen LogP contribution is -2.38. The first kappa shape index (κ1) is 24.4. The number of carbonyl (C=O) groups is 2. The number of amides is 2. The molecule has 2 atom stereocenters. The highest BCUT2D eigenvalue weighted by Crippen LogP contribution is 2.37. The number of hydrogen-bond donors (Lipinski definition) is 2. The van der Waals surface area contributed by atoms with Crippen LogP contribution in [0.1, 0.15) is 53.0 Å².